The van der Waals surface area contributed by atoms with Crippen molar-refractivity contribution in [2.24, 2.45) is 0 Å². The molecule has 4 heteroatoms. The van der Waals surface area contributed by atoms with Crippen molar-refractivity contribution in [1.82, 2.24) is 0 Å². The smallest absolute Gasteiger partial charge is 0.171 e. The second-order valence-electron chi connectivity index (χ2n) is 3.30. The van der Waals surface area contributed by atoms with Crippen molar-refractivity contribution in [2.75, 3.05) is 0 Å². The molecule has 2 aromatic rings. The summed E-state index contributed by atoms with van der Waals surface area (Å²) in [5, 5.41) is 0.458. The second-order valence-corrected chi connectivity index (χ2v) is 4.63. The first-order valence-corrected chi connectivity index (χ1v) is 5.84. The molecule has 82 valence electrons. The molecule has 1 aromatic heterocycles. The van der Waals surface area contributed by atoms with Crippen LogP contribution in [0.4, 0.5) is 0 Å². The number of Topliss-reactive ketones (excluding diaryl/α,β-unsaturated/α-hetero) is 1. The van der Waals surface area contributed by atoms with Crippen molar-refractivity contribution in [3.8, 4) is 0 Å². The maximum absolute atomic E-state index is 11.9. The molecule has 0 aliphatic carbocycles. The molecule has 0 amide bonds. The molecule has 0 saturated heterocycles. The molecule has 0 saturated carbocycles. The Kier molecular flexibility index (Phi) is 3.46. The predicted octanol–water partition coefficient (Wildman–Crippen LogP) is 4.12. The average molecular weight is 300 g/mol. The third-order valence-corrected chi connectivity index (χ3v) is 2.97. The van der Waals surface area contributed by atoms with Gasteiger partial charge in [0.15, 0.2) is 5.78 Å². The SMILES string of the molecule is O=C(Cc1ccco1)c1cc(Br)ccc1Cl. The highest BCUT2D eigenvalue weighted by Gasteiger charge is 2.12. The van der Waals surface area contributed by atoms with Gasteiger partial charge in [-0.05, 0) is 30.3 Å². The van der Waals surface area contributed by atoms with E-state index in [9.17, 15) is 4.79 Å². The van der Waals surface area contributed by atoms with Gasteiger partial charge in [-0.15, -0.1) is 0 Å². The molecule has 0 aliphatic rings. The summed E-state index contributed by atoms with van der Waals surface area (Å²) in [6, 6.07) is 8.73. The van der Waals surface area contributed by atoms with Gasteiger partial charge in [0.25, 0.3) is 0 Å². The first-order valence-electron chi connectivity index (χ1n) is 4.67. The summed E-state index contributed by atoms with van der Waals surface area (Å²) in [6.07, 6.45) is 1.77. The number of halogens is 2. The topological polar surface area (TPSA) is 30.2 Å². The molecule has 0 N–H and O–H groups in total. The summed E-state index contributed by atoms with van der Waals surface area (Å²) < 4.78 is 5.95. The lowest BCUT2D eigenvalue weighted by Crippen LogP contribution is -2.03. The highest BCUT2D eigenvalue weighted by molar-refractivity contribution is 9.10. The summed E-state index contributed by atoms with van der Waals surface area (Å²) >= 11 is 9.27. The zero-order valence-corrected chi connectivity index (χ0v) is 10.6. The van der Waals surface area contributed by atoms with Crippen LogP contribution in [0, 0.1) is 0 Å². The fraction of sp³-hybridized carbons (Fsp3) is 0.0833. The van der Waals surface area contributed by atoms with Gasteiger partial charge in [-0.3, -0.25) is 4.79 Å². The van der Waals surface area contributed by atoms with E-state index in [2.05, 4.69) is 15.9 Å². The summed E-state index contributed by atoms with van der Waals surface area (Å²) in [4.78, 5) is 11.9. The van der Waals surface area contributed by atoms with E-state index in [1.165, 1.54) is 0 Å². The molecule has 16 heavy (non-hydrogen) atoms. The molecule has 1 aromatic carbocycles. The first-order chi connectivity index (χ1) is 7.66. The zero-order valence-electron chi connectivity index (χ0n) is 8.24. The lowest BCUT2D eigenvalue weighted by molar-refractivity contribution is 0.0987. The Hall–Kier alpha value is -1.06. The zero-order chi connectivity index (χ0) is 11.5. The fourth-order valence-electron chi connectivity index (χ4n) is 1.38. The Morgan fingerprint density at radius 1 is 1.38 bits per heavy atom. The second kappa shape index (κ2) is 4.85. The minimum absolute atomic E-state index is 0.0544. The van der Waals surface area contributed by atoms with Gasteiger partial charge in [0.1, 0.15) is 5.76 Å². The molecule has 1 heterocycles. The number of carbonyl (C=O) groups is 1. The third-order valence-electron chi connectivity index (χ3n) is 2.14. The Morgan fingerprint density at radius 3 is 2.88 bits per heavy atom. The van der Waals surface area contributed by atoms with Gasteiger partial charge < -0.3 is 4.42 Å². The van der Waals surface area contributed by atoms with Crippen molar-refractivity contribution in [3.63, 3.8) is 0 Å². The highest BCUT2D eigenvalue weighted by atomic mass is 79.9. The number of carbonyl (C=O) groups excluding carboxylic acids is 1. The van der Waals surface area contributed by atoms with Crippen LogP contribution in [-0.2, 0) is 6.42 Å². The minimum atomic E-state index is -0.0544. The highest BCUT2D eigenvalue weighted by Crippen LogP contribution is 2.22. The standard InChI is InChI=1S/C12H8BrClO2/c13-8-3-4-11(14)10(6-8)12(15)7-9-2-1-5-16-9/h1-6H,7H2. The van der Waals surface area contributed by atoms with Gasteiger partial charge in [-0.25, -0.2) is 0 Å². The van der Waals surface area contributed by atoms with E-state index in [0.29, 0.717) is 16.3 Å². The van der Waals surface area contributed by atoms with Crippen molar-refractivity contribution >= 4 is 33.3 Å². The minimum Gasteiger partial charge on any atom is -0.469 e. The van der Waals surface area contributed by atoms with Crippen LogP contribution >= 0.6 is 27.5 Å². The Bertz CT molecular complexity index is 506. The summed E-state index contributed by atoms with van der Waals surface area (Å²) in [7, 11) is 0. The van der Waals surface area contributed by atoms with Gasteiger partial charge in [-0.1, -0.05) is 27.5 Å². The lowest BCUT2D eigenvalue weighted by atomic mass is 10.1. The first kappa shape index (κ1) is 11.4. The Labute approximate surface area is 106 Å². The van der Waals surface area contributed by atoms with E-state index in [-0.39, 0.29) is 12.2 Å². The molecular weight excluding hydrogens is 291 g/mol. The largest absolute Gasteiger partial charge is 0.469 e. The summed E-state index contributed by atoms with van der Waals surface area (Å²) in [5.74, 6) is 0.585. The van der Waals surface area contributed by atoms with E-state index in [4.69, 9.17) is 16.0 Å². The average Bonchev–Trinajstić information content (AvgIpc) is 2.74. The van der Waals surface area contributed by atoms with Crippen LogP contribution in [0.25, 0.3) is 0 Å². The number of ketones is 1. The number of furan rings is 1. The normalized spacial score (nSPS) is 10.4. The van der Waals surface area contributed by atoms with Crippen molar-refractivity contribution in [1.29, 1.82) is 0 Å². The molecule has 0 spiro atoms. The number of benzene rings is 1. The third kappa shape index (κ3) is 2.54. The van der Waals surface area contributed by atoms with Gasteiger partial charge in [0.05, 0.1) is 17.7 Å². The van der Waals surface area contributed by atoms with Crippen LogP contribution in [0.5, 0.6) is 0 Å². The molecule has 2 rings (SSSR count). The van der Waals surface area contributed by atoms with Crippen LogP contribution in [0.15, 0.2) is 45.5 Å². The van der Waals surface area contributed by atoms with E-state index in [1.54, 1.807) is 36.6 Å². The monoisotopic (exact) mass is 298 g/mol. The Morgan fingerprint density at radius 2 is 2.19 bits per heavy atom. The van der Waals surface area contributed by atoms with Crippen LogP contribution in [0.3, 0.4) is 0 Å². The molecule has 0 atom stereocenters. The van der Waals surface area contributed by atoms with E-state index in [1.807, 2.05) is 0 Å². The molecule has 2 nitrogen and oxygen atoms in total. The summed E-state index contributed by atoms with van der Waals surface area (Å²) in [5.41, 5.74) is 0.507. The lowest BCUT2D eigenvalue weighted by Gasteiger charge is -2.02. The van der Waals surface area contributed by atoms with Gasteiger partial charge in [-0.2, -0.15) is 0 Å². The number of hydrogen-bond acceptors (Lipinski definition) is 2. The van der Waals surface area contributed by atoms with E-state index >= 15 is 0 Å². The number of rotatable bonds is 3. The van der Waals surface area contributed by atoms with Gasteiger partial charge in [0.2, 0.25) is 0 Å². The maximum atomic E-state index is 11.9. The van der Waals surface area contributed by atoms with E-state index < -0.39 is 0 Å². The van der Waals surface area contributed by atoms with Gasteiger partial charge >= 0.3 is 0 Å². The predicted molar refractivity (Wildman–Crippen MR) is 65.9 cm³/mol. The van der Waals surface area contributed by atoms with Gasteiger partial charge in [0, 0.05) is 10.0 Å². The summed E-state index contributed by atoms with van der Waals surface area (Å²) in [6.45, 7) is 0. The maximum Gasteiger partial charge on any atom is 0.171 e. The van der Waals surface area contributed by atoms with Crippen LogP contribution in [0.2, 0.25) is 5.02 Å². The molecule has 0 bridgehead atoms. The molecular formula is C12H8BrClO2. The van der Waals surface area contributed by atoms with Crippen LogP contribution in [-0.4, -0.2) is 5.78 Å². The van der Waals surface area contributed by atoms with Crippen LogP contribution < -0.4 is 0 Å². The quantitative estimate of drug-likeness (QED) is 0.798. The van der Waals surface area contributed by atoms with E-state index in [0.717, 1.165) is 4.47 Å². The van der Waals surface area contributed by atoms with Crippen molar-refractivity contribution in [2.45, 2.75) is 6.42 Å². The Balaban J connectivity index is 2.24. The number of hydrogen-bond donors (Lipinski definition) is 0. The molecule has 0 fully saturated rings. The van der Waals surface area contributed by atoms with Crippen molar-refractivity contribution < 1.29 is 9.21 Å². The van der Waals surface area contributed by atoms with Crippen LogP contribution in [0.1, 0.15) is 16.1 Å². The fourth-order valence-corrected chi connectivity index (χ4v) is 1.96. The molecule has 0 radical (unpaired) electrons. The molecule has 0 aliphatic heterocycles. The van der Waals surface area contributed by atoms with Crippen molar-refractivity contribution in [3.05, 3.63) is 57.4 Å². The molecule has 0 unspecified atom stereocenters.